The van der Waals surface area contributed by atoms with Gasteiger partial charge in [-0.1, -0.05) is 87.9 Å². The zero-order valence-electron chi connectivity index (χ0n) is 66.9. The molecule has 18 atom stereocenters. The molecule has 4 aliphatic carbocycles. The van der Waals surface area contributed by atoms with Crippen LogP contribution in [0.2, 0.25) is 10.0 Å². The van der Waals surface area contributed by atoms with E-state index in [1.54, 1.807) is 0 Å². The van der Waals surface area contributed by atoms with Crippen LogP contribution in [0, 0.1) is 29.6 Å². The number of aliphatic hydroxyl groups excluding tert-OH is 6. The van der Waals surface area contributed by atoms with Crippen LogP contribution in [0.5, 0.6) is 46.0 Å². The summed E-state index contributed by atoms with van der Waals surface area (Å²) in [6.45, 7) is 7.72. The maximum atomic E-state index is 16.6. The van der Waals surface area contributed by atoms with Crippen LogP contribution in [0.25, 0.3) is 11.1 Å². The molecule has 4 saturated carbocycles. The van der Waals surface area contributed by atoms with Crippen LogP contribution in [-0.2, 0) is 57.4 Å². The lowest BCUT2D eigenvalue weighted by Crippen LogP contribution is -2.64. The summed E-state index contributed by atoms with van der Waals surface area (Å²) in [4.78, 5) is 138. The average molecular weight is 1710 g/mol. The summed E-state index contributed by atoms with van der Waals surface area (Å²) in [5.74, 6) is -14.0. The quantitative estimate of drug-likeness (QED) is 0.0478. The molecule has 16 rings (SSSR count). The Morgan fingerprint density at radius 1 is 0.658 bits per heavy atom. The minimum absolute atomic E-state index is 0.0633. The molecule has 6 fully saturated rings. The summed E-state index contributed by atoms with van der Waals surface area (Å²) in [7, 11) is 1.49. The first-order valence-electron chi connectivity index (χ1n) is 40.7. The fourth-order valence-electron chi connectivity index (χ4n) is 18.1. The van der Waals surface area contributed by atoms with Gasteiger partial charge < -0.3 is 123 Å². The summed E-state index contributed by atoms with van der Waals surface area (Å²) >= 11 is 14.5. The number of carbonyl (C=O) groups is 9. The summed E-state index contributed by atoms with van der Waals surface area (Å²) < 4.78 is 39.0. The highest BCUT2D eigenvalue weighted by Gasteiger charge is 2.53. The molecule has 18 unspecified atom stereocenters. The third-order valence-corrected chi connectivity index (χ3v) is 24.7. The third kappa shape index (κ3) is 19.2. The smallest absolute Gasteiger partial charge is 0.248 e. The average Bonchev–Trinajstić information content (AvgIpc) is 0.759. The predicted octanol–water partition coefficient (Wildman–Crippen LogP) is 4.48. The van der Waals surface area contributed by atoms with E-state index >= 15 is 28.8 Å². The molecule has 11 aliphatic rings. The number of hydrogen-bond donors (Lipinski definition) is 19. The number of unbranched alkanes of at least 4 members (excludes halogenated alkanes) is 4. The van der Waals surface area contributed by atoms with Gasteiger partial charge in [0.15, 0.2) is 23.9 Å². The van der Waals surface area contributed by atoms with Gasteiger partial charge in [0.2, 0.25) is 65.2 Å². The van der Waals surface area contributed by atoms with Gasteiger partial charge in [-0.3, -0.25) is 48.5 Å². The van der Waals surface area contributed by atoms with Crippen molar-refractivity contribution in [1.82, 2.24) is 47.9 Å². The Morgan fingerprint density at radius 3 is 1.89 bits per heavy atom. The van der Waals surface area contributed by atoms with Crippen LogP contribution in [0.1, 0.15) is 183 Å². The van der Waals surface area contributed by atoms with E-state index < -0.39 is 221 Å². The van der Waals surface area contributed by atoms with E-state index in [4.69, 9.17) is 57.4 Å². The molecule has 7 aliphatic heterocycles. The number of carbonyl (C=O) groups excluding carboxylic acids is 9. The number of rotatable bonds is 20. The molecular formula is C84H104Cl2N10O24. The number of fused-ring (bicyclic) bond motifs is 15. The summed E-state index contributed by atoms with van der Waals surface area (Å²) in [6.07, 6.45) is -10.9. The second-order valence-electron chi connectivity index (χ2n) is 33.5. The van der Waals surface area contributed by atoms with Crippen molar-refractivity contribution < 1.29 is 118 Å². The van der Waals surface area contributed by atoms with Crippen molar-refractivity contribution in [3.63, 3.8) is 0 Å². The molecule has 648 valence electrons. The standard InChI is InChI=1S/C84H104Cl2N10O24/c1-7-8-9-10-11-12-59(101)90-60(102)32-51-77(109)92-65-44-28-56(116-54-17-14-40(26-48(54)85)69(103)67(81(113)89-51)95-76(108)50(88-6)19-35(2)3)73(120-83-74(72(106)71(105)58(34-97)118-83)119-61-33-84(5,87)75(107)36(4)115-61)57(29-44)117-55-18-15-41(27-49(55)86)70(104)68-82(114)94-66(80(112)91-63-42-21-37-20-38(23-42)24-43(63)22-37)47-30-45(98)31-53(100)62(47)46-25-39(13-16-52(46)99)64(78(110)96-68)93-79(65)111/h13-18,25-31,35-38,42-43,50-51,58,61,63-72,74-75,83,88,97-100,103-107H,7-12,19-24,32-34,87H2,1-6H3,(H,89,113)(H,91,112)(H,92,109)(H,93,111)(H,94,114)(H,95,108)(H,96,110)(H,90,101,102). The van der Waals surface area contributed by atoms with Gasteiger partial charge in [-0.05, 0) is 178 Å². The molecule has 5 aromatic rings. The molecule has 7 heterocycles. The van der Waals surface area contributed by atoms with Crippen molar-refractivity contribution >= 4 is 76.4 Å². The van der Waals surface area contributed by atoms with Crippen LogP contribution in [0.4, 0.5) is 0 Å². The van der Waals surface area contributed by atoms with Crippen LogP contribution >= 0.6 is 23.2 Å². The molecule has 36 heteroatoms. The van der Waals surface area contributed by atoms with Crippen LogP contribution in [0.3, 0.4) is 0 Å². The maximum Gasteiger partial charge on any atom is 0.248 e. The van der Waals surface area contributed by atoms with E-state index in [9.17, 15) is 60.3 Å². The second kappa shape index (κ2) is 37.0. The molecule has 34 nitrogen and oxygen atoms in total. The van der Waals surface area contributed by atoms with Crippen molar-refractivity contribution in [3.8, 4) is 57.1 Å². The van der Waals surface area contributed by atoms with Gasteiger partial charge in [-0.2, -0.15) is 0 Å². The number of aliphatic hydroxyl groups is 6. The summed E-state index contributed by atoms with van der Waals surface area (Å²) in [6, 6.07) is 0.223. The number of hydrogen-bond acceptors (Lipinski definition) is 26. The predicted molar refractivity (Wildman–Crippen MR) is 428 cm³/mol. The van der Waals surface area contributed by atoms with Crippen molar-refractivity contribution in [1.29, 1.82) is 0 Å². The SMILES string of the molecule is CCCCCCCC(=O)NC(=O)CC1NC(=O)C(NC(=O)C(CC(C)C)NC)C(O)c2ccc(c(Cl)c2)Oc2cc3cc(c2OC2OC(CO)C(O)C(O)C2OC2CC(C)(N)C(O)C(C)O2)Oc2ccc(cc2Cl)C(O)C2NC(=O)C(NC(=O)C3NC1=O)c1ccc(O)c(c1)-c1c(O)cc(O)cc1C(C(=O)NC1C3CC4CC(C3)CC1C4)NC2=O. The zero-order chi connectivity index (χ0) is 86.2. The fourth-order valence-corrected chi connectivity index (χ4v) is 18.5. The molecule has 0 radical (unpaired) electrons. The Bertz CT molecular complexity index is 4700. The first kappa shape index (κ1) is 88.3. The van der Waals surface area contributed by atoms with Crippen LogP contribution in [-0.4, -0.2) is 198 Å². The largest absolute Gasteiger partial charge is 0.508 e. The number of phenolic OH excluding ortho intramolecular Hbond substituents is 3. The molecule has 0 spiro atoms. The highest BCUT2D eigenvalue weighted by molar-refractivity contribution is 6.32. The number of imide groups is 1. The highest BCUT2D eigenvalue weighted by Crippen LogP contribution is 2.55. The lowest BCUT2D eigenvalue weighted by molar-refractivity contribution is -0.333. The van der Waals surface area contributed by atoms with Gasteiger partial charge >= 0.3 is 0 Å². The van der Waals surface area contributed by atoms with E-state index in [0.717, 1.165) is 106 Å². The monoisotopic (exact) mass is 1710 g/mol. The lowest BCUT2D eigenvalue weighted by Gasteiger charge is -2.54. The van der Waals surface area contributed by atoms with E-state index in [2.05, 4.69) is 47.9 Å². The topological polar surface area (TPSA) is 525 Å². The van der Waals surface area contributed by atoms with E-state index in [1.165, 1.54) is 45.2 Å². The summed E-state index contributed by atoms with van der Waals surface area (Å²) in [5, 5.41) is 130. The van der Waals surface area contributed by atoms with E-state index in [1.807, 2.05) is 20.8 Å². The molecule has 0 aromatic heterocycles. The van der Waals surface area contributed by atoms with Gasteiger partial charge in [0.05, 0.1) is 41.3 Å². The van der Waals surface area contributed by atoms with Crippen molar-refractivity contribution in [2.45, 2.75) is 240 Å². The number of nitrogens with two attached hydrogens (primary N) is 1. The molecule has 5 aromatic carbocycles. The molecule has 120 heavy (non-hydrogen) atoms. The number of benzene rings is 5. The van der Waals surface area contributed by atoms with Crippen LogP contribution in [0.15, 0.2) is 78.9 Å². The van der Waals surface area contributed by atoms with E-state index in [-0.39, 0.29) is 93.0 Å². The Balaban J connectivity index is 1.01. The Morgan fingerprint density at radius 2 is 1.27 bits per heavy atom. The number of halogens is 2. The van der Waals surface area contributed by atoms with E-state index in [0.29, 0.717) is 24.7 Å². The maximum absolute atomic E-state index is 16.6. The van der Waals surface area contributed by atoms with Crippen molar-refractivity contribution in [3.05, 3.63) is 117 Å². The Labute approximate surface area is 700 Å². The highest BCUT2D eigenvalue weighted by atomic mass is 35.5. The minimum Gasteiger partial charge on any atom is -0.508 e. The first-order chi connectivity index (χ1) is 57.1. The number of ether oxygens (including phenoxy) is 6. The van der Waals surface area contributed by atoms with Crippen molar-refractivity contribution in [2.75, 3.05) is 13.7 Å². The zero-order valence-corrected chi connectivity index (χ0v) is 68.4. The minimum atomic E-state index is -2.38. The number of likely N-dealkylation sites (N-methyl/N-ethyl adjacent to an activating group) is 1. The number of nitrogens with one attached hydrogen (secondary N) is 9. The summed E-state index contributed by atoms with van der Waals surface area (Å²) in [5.41, 5.74) is 3.02. The first-order valence-corrected chi connectivity index (χ1v) is 41.4. The van der Waals surface area contributed by atoms with Gasteiger partial charge in [0, 0.05) is 41.6 Å². The van der Waals surface area contributed by atoms with Crippen LogP contribution < -0.4 is 67.8 Å². The Kier molecular flexibility index (Phi) is 27.2. The second-order valence-corrected chi connectivity index (χ2v) is 34.3. The number of phenols is 3. The van der Waals surface area contributed by atoms with Gasteiger partial charge in [-0.15, -0.1) is 0 Å². The van der Waals surface area contributed by atoms with Gasteiger partial charge in [-0.25, -0.2) is 0 Å². The Hall–Kier alpha value is -9.53. The fraction of sp³-hybridized carbons (Fsp3) is 0.536. The number of aromatic hydroxyl groups is 3. The normalized spacial score (nSPS) is 31.2. The molecular weight excluding hydrogens is 1600 g/mol. The molecule has 20 N–H and O–H groups in total. The third-order valence-electron chi connectivity index (χ3n) is 24.1. The lowest BCUT2D eigenvalue weighted by atomic mass is 9.54. The van der Waals surface area contributed by atoms with Crippen molar-refractivity contribution in [2.24, 2.45) is 35.3 Å². The van der Waals surface area contributed by atoms with Gasteiger partial charge in [0.25, 0.3) is 0 Å². The molecule has 9 amide bonds. The molecule has 2 saturated heterocycles. The van der Waals surface area contributed by atoms with Gasteiger partial charge in [0.1, 0.15) is 95.5 Å². The number of amides is 9. The molecule has 15 bridgehead atoms.